The Morgan fingerprint density at radius 2 is 2.50 bits per heavy atom. The highest BCUT2D eigenvalue weighted by Gasteiger charge is 2.24. The van der Waals surface area contributed by atoms with Crippen molar-refractivity contribution in [3.8, 4) is 5.88 Å². The lowest BCUT2D eigenvalue weighted by Crippen LogP contribution is -2.40. The molecule has 1 aromatic rings. The molecule has 1 aromatic heterocycles. The van der Waals surface area contributed by atoms with E-state index in [1.807, 2.05) is 12.1 Å². The lowest BCUT2D eigenvalue weighted by molar-refractivity contribution is 0.0788. The number of ether oxygens (including phenoxy) is 1. The SMILES string of the molecule is COc1ncccc1CC1CNCCC1O. The molecule has 2 heterocycles. The molecule has 0 radical (unpaired) electrons. The van der Waals surface area contributed by atoms with E-state index in [4.69, 9.17) is 4.74 Å². The number of pyridine rings is 1. The Balaban J connectivity index is 2.07. The minimum atomic E-state index is -0.217. The van der Waals surface area contributed by atoms with E-state index < -0.39 is 0 Å². The Labute approximate surface area is 95.7 Å². The van der Waals surface area contributed by atoms with Gasteiger partial charge in [0.1, 0.15) is 0 Å². The summed E-state index contributed by atoms with van der Waals surface area (Å²) in [5.41, 5.74) is 1.07. The normalized spacial score (nSPS) is 25.4. The van der Waals surface area contributed by atoms with Crippen LogP contribution in [-0.2, 0) is 6.42 Å². The van der Waals surface area contributed by atoms with E-state index in [0.29, 0.717) is 5.88 Å². The molecule has 88 valence electrons. The summed E-state index contributed by atoms with van der Waals surface area (Å²) in [4.78, 5) is 4.16. The molecule has 2 rings (SSSR count). The second-order valence-electron chi connectivity index (χ2n) is 4.20. The predicted molar refractivity (Wildman–Crippen MR) is 61.5 cm³/mol. The fourth-order valence-electron chi connectivity index (χ4n) is 2.16. The van der Waals surface area contributed by atoms with Crippen LogP contribution in [0, 0.1) is 5.92 Å². The van der Waals surface area contributed by atoms with Crippen molar-refractivity contribution in [1.29, 1.82) is 0 Å². The van der Waals surface area contributed by atoms with E-state index >= 15 is 0 Å². The van der Waals surface area contributed by atoms with Crippen molar-refractivity contribution in [2.75, 3.05) is 20.2 Å². The van der Waals surface area contributed by atoms with E-state index in [1.54, 1.807) is 13.3 Å². The summed E-state index contributed by atoms with van der Waals surface area (Å²) >= 11 is 0. The number of aliphatic hydroxyl groups is 1. The van der Waals surface area contributed by atoms with Crippen LogP contribution in [0.4, 0.5) is 0 Å². The first-order valence-electron chi connectivity index (χ1n) is 5.68. The zero-order valence-corrected chi connectivity index (χ0v) is 9.52. The highest BCUT2D eigenvalue weighted by atomic mass is 16.5. The number of nitrogens with zero attached hydrogens (tertiary/aromatic N) is 1. The predicted octanol–water partition coefficient (Wildman–Crippen LogP) is 0.603. The Morgan fingerprint density at radius 1 is 1.62 bits per heavy atom. The number of rotatable bonds is 3. The zero-order chi connectivity index (χ0) is 11.4. The number of hydrogen-bond donors (Lipinski definition) is 2. The van der Waals surface area contributed by atoms with Gasteiger partial charge in [0.2, 0.25) is 5.88 Å². The maximum Gasteiger partial charge on any atom is 0.216 e. The van der Waals surface area contributed by atoms with Crippen LogP contribution in [0.25, 0.3) is 0 Å². The van der Waals surface area contributed by atoms with Crippen LogP contribution in [-0.4, -0.2) is 36.4 Å². The number of aliphatic hydroxyl groups excluding tert-OH is 1. The fourth-order valence-corrected chi connectivity index (χ4v) is 2.16. The topological polar surface area (TPSA) is 54.4 Å². The van der Waals surface area contributed by atoms with Gasteiger partial charge in [-0.15, -0.1) is 0 Å². The quantitative estimate of drug-likeness (QED) is 0.786. The minimum Gasteiger partial charge on any atom is -0.481 e. The molecule has 0 amide bonds. The molecule has 0 aromatic carbocycles. The first-order valence-corrected chi connectivity index (χ1v) is 5.68. The van der Waals surface area contributed by atoms with Crippen molar-refractivity contribution in [3.05, 3.63) is 23.9 Å². The van der Waals surface area contributed by atoms with Gasteiger partial charge in [-0.25, -0.2) is 4.98 Å². The van der Waals surface area contributed by atoms with E-state index in [1.165, 1.54) is 0 Å². The van der Waals surface area contributed by atoms with Crippen molar-refractivity contribution < 1.29 is 9.84 Å². The number of aromatic nitrogens is 1. The van der Waals surface area contributed by atoms with E-state index in [2.05, 4.69) is 10.3 Å². The molecule has 2 atom stereocenters. The molecule has 0 bridgehead atoms. The van der Waals surface area contributed by atoms with Crippen LogP contribution >= 0.6 is 0 Å². The Morgan fingerprint density at radius 3 is 3.25 bits per heavy atom. The average Bonchev–Trinajstić information content (AvgIpc) is 2.33. The van der Waals surface area contributed by atoms with Crippen LogP contribution < -0.4 is 10.1 Å². The number of methoxy groups -OCH3 is 1. The van der Waals surface area contributed by atoms with Crippen molar-refractivity contribution in [2.45, 2.75) is 18.9 Å². The molecule has 0 aliphatic carbocycles. The molecule has 4 heteroatoms. The highest BCUT2D eigenvalue weighted by molar-refractivity contribution is 5.26. The van der Waals surface area contributed by atoms with Gasteiger partial charge in [-0.3, -0.25) is 0 Å². The largest absolute Gasteiger partial charge is 0.481 e. The van der Waals surface area contributed by atoms with Crippen molar-refractivity contribution >= 4 is 0 Å². The van der Waals surface area contributed by atoms with E-state index in [9.17, 15) is 5.11 Å². The summed E-state index contributed by atoms with van der Waals surface area (Å²) in [6.45, 7) is 1.76. The van der Waals surface area contributed by atoms with Crippen LogP contribution in [0.1, 0.15) is 12.0 Å². The van der Waals surface area contributed by atoms with Gasteiger partial charge in [-0.1, -0.05) is 6.07 Å². The van der Waals surface area contributed by atoms with E-state index in [0.717, 1.165) is 31.5 Å². The van der Waals surface area contributed by atoms with Gasteiger partial charge in [0.15, 0.2) is 0 Å². The monoisotopic (exact) mass is 222 g/mol. The summed E-state index contributed by atoms with van der Waals surface area (Å²) < 4.78 is 5.21. The third kappa shape index (κ3) is 2.51. The molecule has 2 unspecified atom stereocenters. The lowest BCUT2D eigenvalue weighted by atomic mass is 9.90. The molecule has 0 saturated carbocycles. The van der Waals surface area contributed by atoms with E-state index in [-0.39, 0.29) is 12.0 Å². The molecule has 1 saturated heterocycles. The van der Waals surface area contributed by atoms with Crippen molar-refractivity contribution in [2.24, 2.45) is 5.92 Å². The fraction of sp³-hybridized carbons (Fsp3) is 0.583. The van der Waals surface area contributed by atoms with Crippen molar-refractivity contribution in [3.63, 3.8) is 0 Å². The number of hydrogen-bond acceptors (Lipinski definition) is 4. The highest BCUT2D eigenvalue weighted by Crippen LogP contribution is 2.22. The average molecular weight is 222 g/mol. The van der Waals surface area contributed by atoms with Crippen LogP contribution in [0.3, 0.4) is 0 Å². The molecule has 1 aliphatic heterocycles. The first-order chi connectivity index (χ1) is 7.81. The smallest absolute Gasteiger partial charge is 0.216 e. The summed E-state index contributed by atoms with van der Waals surface area (Å²) in [7, 11) is 1.63. The van der Waals surface area contributed by atoms with Gasteiger partial charge in [0, 0.05) is 24.2 Å². The molecular formula is C12H18N2O2. The second-order valence-corrected chi connectivity index (χ2v) is 4.20. The second kappa shape index (κ2) is 5.27. The van der Waals surface area contributed by atoms with Crippen LogP contribution in [0.15, 0.2) is 18.3 Å². The Hall–Kier alpha value is -1.13. The first kappa shape index (κ1) is 11.4. The molecule has 0 spiro atoms. The van der Waals surface area contributed by atoms with Gasteiger partial charge in [-0.05, 0) is 25.5 Å². The van der Waals surface area contributed by atoms with Gasteiger partial charge in [0.25, 0.3) is 0 Å². The van der Waals surface area contributed by atoms with Gasteiger partial charge in [-0.2, -0.15) is 0 Å². The molecular weight excluding hydrogens is 204 g/mol. The van der Waals surface area contributed by atoms with Gasteiger partial charge < -0.3 is 15.2 Å². The minimum absolute atomic E-state index is 0.217. The zero-order valence-electron chi connectivity index (χ0n) is 9.52. The third-order valence-corrected chi connectivity index (χ3v) is 3.09. The molecule has 16 heavy (non-hydrogen) atoms. The maximum absolute atomic E-state index is 9.89. The van der Waals surface area contributed by atoms with Crippen molar-refractivity contribution in [1.82, 2.24) is 10.3 Å². The van der Waals surface area contributed by atoms with Gasteiger partial charge in [0.05, 0.1) is 13.2 Å². The summed E-state index contributed by atoms with van der Waals surface area (Å²) in [6, 6.07) is 3.91. The molecule has 1 aliphatic rings. The molecule has 2 N–H and O–H groups in total. The summed E-state index contributed by atoms with van der Waals surface area (Å²) in [5, 5.41) is 13.2. The van der Waals surface area contributed by atoms with Gasteiger partial charge >= 0.3 is 0 Å². The van der Waals surface area contributed by atoms with Crippen LogP contribution in [0.2, 0.25) is 0 Å². The standard InChI is InChI=1S/C12H18N2O2/c1-16-12-9(3-2-5-14-12)7-10-8-13-6-4-11(10)15/h2-3,5,10-11,13,15H,4,6-8H2,1H3. The number of piperidine rings is 1. The Bertz CT molecular complexity index is 344. The summed E-state index contributed by atoms with van der Waals surface area (Å²) in [5.74, 6) is 0.923. The molecule has 1 fully saturated rings. The Kier molecular flexibility index (Phi) is 3.74. The molecule has 4 nitrogen and oxygen atoms in total. The summed E-state index contributed by atoms with van der Waals surface area (Å²) in [6.07, 6.45) is 3.14. The maximum atomic E-state index is 9.89. The van der Waals surface area contributed by atoms with Crippen LogP contribution in [0.5, 0.6) is 5.88 Å². The lowest BCUT2D eigenvalue weighted by Gasteiger charge is -2.28. The number of nitrogens with one attached hydrogen (secondary N) is 1. The third-order valence-electron chi connectivity index (χ3n) is 3.09.